The number of nitrogens with zero attached hydrogens (tertiary/aromatic N) is 2. The van der Waals surface area contributed by atoms with Gasteiger partial charge in [0.1, 0.15) is 11.2 Å². The zero-order chi connectivity index (χ0) is 24.5. The third-order valence-electron chi connectivity index (χ3n) is 4.96. The maximum Gasteiger partial charge on any atom is 0.144 e. The summed E-state index contributed by atoms with van der Waals surface area (Å²) in [4.78, 5) is 8.63. The Kier molecular flexibility index (Phi) is 2.90. The van der Waals surface area contributed by atoms with E-state index in [0.717, 1.165) is 16.3 Å². The summed E-state index contributed by atoms with van der Waals surface area (Å²) in [5.74, 6) is 0. The summed E-state index contributed by atoms with van der Waals surface area (Å²) < 4.78 is 47.2. The van der Waals surface area contributed by atoms with Crippen molar-refractivity contribution in [1.82, 2.24) is 9.97 Å². The molecule has 5 rings (SSSR count). The molecule has 2 aromatic carbocycles. The van der Waals surface area contributed by atoms with Gasteiger partial charge in [-0.25, -0.2) is 0 Å². The quantitative estimate of drug-likeness (QED) is 0.325. The van der Waals surface area contributed by atoms with Crippen molar-refractivity contribution in [2.45, 2.75) is 34.0 Å². The number of aromatic nitrogens is 2. The first kappa shape index (κ1) is 13.1. The predicted octanol–water partition coefficient (Wildman–Crippen LogP) is 7.09. The number of furan rings is 1. The van der Waals surface area contributed by atoms with E-state index in [0.29, 0.717) is 33.2 Å². The van der Waals surface area contributed by atoms with Crippen LogP contribution in [-0.4, -0.2) is 9.97 Å². The van der Waals surface area contributed by atoms with Gasteiger partial charge in [0.15, 0.2) is 0 Å². The van der Waals surface area contributed by atoms with Crippen LogP contribution in [0, 0.1) is 12.3 Å². The van der Waals surface area contributed by atoms with Gasteiger partial charge in [0.05, 0.1) is 5.69 Å². The van der Waals surface area contributed by atoms with Crippen LogP contribution in [0.3, 0.4) is 0 Å². The minimum Gasteiger partial charge on any atom is -0.455 e. The Morgan fingerprint density at radius 2 is 1.66 bits per heavy atom. The van der Waals surface area contributed by atoms with Crippen LogP contribution in [0.2, 0.25) is 0 Å². The van der Waals surface area contributed by atoms with E-state index in [1.165, 1.54) is 6.20 Å². The fourth-order valence-electron chi connectivity index (χ4n) is 3.80. The Bertz CT molecular complexity index is 1560. The third kappa shape index (κ3) is 3.07. The van der Waals surface area contributed by atoms with E-state index >= 15 is 0 Å². The van der Waals surface area contributed by atoms with Crippen molar-refractivity contribution in [3.8, 4) is 11.3 Å². The molecule has 3 aromatic heterocycles. The van der Waals surface area contributed by atoms with Crippen molar-refractivity contribution in [2.75, 3.05) is 0 Å². The lowest BCUT2D eigenvalue weighted by Crippen LogP contribution is -2.09. The molecular weight excluding hydrogens is 356 g/mol. The number of hydrogen-bond acceptors (Lipinski definition) is 3. The molecule has 0 radical (unpaired) electrons. The second-order valence-corrected chi connectivity index (χ2v) is 8.29. The van der Waals surface area contributed by atoms with Gasteiger partial charge in [-0.2, -0.15) is 0 Å². The van der Waals surface area contributed by atoms with E-state index in [9.17, 15) is 0 Å². The van der Waals surface area contributed by atoms with Gasteiger partial charge in [-0.15, -0.1) is 0 Å². The largest absolute Gasteiger partial charge is 0.455 e. The molecule has 0 saturated heterocycles. The lowest BCUT2D eigenvalue weighted by molar-refractivity contribution is 0.411. The summed E-state index contributed by atoms with van der Waals surface area (Å²) in [7, 11) is 0. The van der Waals surface area contributed by atoms with E-state index in [2.05, 4.69) is 9.97 Å². The second kappa shape index (κ2) is 6.41. The van der Waals surface area contributed by atoms with Gasteiger partial charge >= 0.3 is 0 Å². The van der Waals surface area contributed by atoms with Crippen molar-refractivity contribution in [3.05, 3.63) is 72.2 Å². The van der Waals surface area contributed by atoms with Crippen LogP contribution >= 0.6 is 0 Å². The molecule has 0 saturated carbocycles. The molecule has 0 atom stereocenters. The maximum atomic E-state index is 8.65. The van der Waals surface area contributed by atoms with Gasteiger partial charge in [0.25, 0.3) is 0 Å². The highest BCUT2D eigenvalue weighted by atomic mass is 16.3. The van der Waals surface area contributed by atoms with Crippen LogP contribution in [0.1, 0.15) is 38.9 Å². The van der Waals surface area contributed by atoms with Crippen molar-refractivity contribution < 1.29 is 11.3 Å². The predicted molar refractivity (Wildman–Crippen MR) is 120 cm³/mol. The maximum absolute atomic E-state index is 8.65. The molecule has 0 bridgehead atoms. The third-order valence-corrected chi connectivity index (χ3v) is 4.96. The average Bonchev–Trinajstić information content (AvgIpc) is 3.16. The fraction of sp³-hybridized carbons (Fsp3) is 0.231. The van der Waals surface area contributed by atoms with E-state index in [1.807, 2.05) is 45.0 Å². The van der Waals surface area contributed by atoms with Crippen molar-refractivity contribution >= 4 is 32.7 Å². The molecule has 0 amide bonds. The van der Waals surface area contributed by atoms with Crippen LogP contribution < -0.4 is 0 Å². The van der Waals surface area contributed by atoms with Gasteiger partial charge in [0.2, 0.25) is 0 Å². The lowest BCUT2D eigenvalue weighted by atomic mass is 9.88. The molecule has 5 aromatic rings. The number of hydrogen-bond donors (Lipinski definition) is 0. The van der Waals surface area contributed by atoms with Gasteiger partial charge in [-0.1, -0.05) is 39.0 Å². The van der Waals surface area contributed by atoms with E-state index in [1.54, 1.807) is 30.5 Å². The first-order valence-corrected chi connectivity index (χ1v) is 9.60. The topological polar surface area (TPSA) is 38.9 Å². The van der Waals surface area contributed by atoms with E-state index in [-0.39, 0.29) is 5.69 Å². The Hall–Kier alpha value is -3.20. The van der Waals surface area contributed by atoms with Crippen LogP contribution in [-0.2, 0) is 6.37 Å². The monoisotopic (exact) mass is 385 g/mol. The zero-order valence-electron chi connectivity index (χ0n) is 21.6. The fourth-order valence-corrected chi connectivity index (χ4v) is 3.80. The van der Waals surface area contributed by atoms with E-state index < -0.39 is 18.6 Å². The summed E-state index contributed by atoms with van der Waals surface area (Å²) in [5, 5.41) is 2.97. The minimum atomic E-state index is -2.33. The number of benzene rings is 2. The Labute approximate surface area is 177 Å². The molecular formula is C26H24N2O. The summed E-state index contributed by atoms with van der Waals surface area (Å²) in [5.41, 5.74) is 2.59. The summed E-state index contributed by atoms with van der Waals surface area (Å²) in [6, 6.07) is 14.7. The number of rotatable bonds is 2. The lowest BCUT2D eigenvalue weighted by Gasteiger charge is -2.18. The SMILES string of the molecule is [2H]C([2H])([2H])c1nccc2c1ccc1c3cccc(-c4cc(C([2H])([2H])C(C)(C)C)ccn4)c3oc21. The zero-order valence-corrected chi connectivity index (χ0v) is 16.6. The first-order chi connectivity index (χ1) is 15.9. The summed E-state index contributed by atoms with van der Waals surface area (Å²) in [6.45, 7) is 3.29. The van der Waals surface area contributed by atoms with Crippen LogP contribution in [0.25, 0.3) is 44.0 Å². The number of aryl methyl sites for hydroxylation is 1. The number of para-hydroxylation sites is 1. The highest BCUT2D eigenvalue weighted by Crippen LogP contribution is 2.38. The highest BCUT2D eigenvalue weighted by molar-refractivity contribution is 6.17. The molecule has 0 aliphatic carbocycles. The summed E-state index contributed by atoms with van der Waals surface area (Å²) in [6.07, 6.45) is 1.57. The van der Waals surface area contributed by atoms with Crippen LogP contribution in [0.15, 0.2) is 65.3 Å². The summed E-state index contributed by atoms with van der Waals surface area (Å²) >= 11 is 0. The Balaban J connectivity index is 1.77. The molecule has 0 aliphatic heterocycles. The van der Waals surface area contributed by atoms with Crippen LogP contribution in [0.5, 0.6) is 0 Å². The molecule has 0 fully saturated rings. The molecule has 3 nitrogen and oxygen atoms in total. The molecule has 0 unspecified atom stereocenters. The standard InChI is InChI=1S/C26H24N2O/c1-16-18-8-9-20-19-6-5-7-22(25(19)29-24(20)21(18)11-13-27-16)23-14-17(10-12-28-23)15-26(2,3)4/h5-14H,15H2,1-4H3/i1D3,15D2. The Morgan fingerprint density at radius 1 is 0.897 bits per heavy atom. The van der Waals surface area contributed by atoms with Gasteiger partial charge < -0.3 is 4.42 Å². The second-order valence-electron chi connectivity index (χ2n) is 8.29. The average molecular weight is 386 g/mol. The molecule has 0 N–H and O–H groups in total. The van der Waals surface area contributed by atoms with Gasteiger partial charge in [0, 0.05) is 52.0 Å². The molecule has 3 heteroatoms. The van der Waals surface area contributed by atoms with E-state index in [4.69, 9.17) is 11.3 Å². The Morgan fingerprint density at radius 3 is 2.48 bits per heavy atom. The van der Waals surface area contributed by atoms with Gasteiger partial charge in [-0.05, 0) is 54.5 Å². The smallest absolute Gasteiger partial charge is 0.144 e. The molecule has 0 spiro atoms. The molecule has 3 heterocycles. The molecule has 0 aliphatic rings. The normalized spacial score (nSPS) is 15.8. The van der Waals surface area contributed by atoms with Gasteiger partial charge in [-0.3, -0.25) is 9.97 Å². The number of pyridine rings is 2. The van der Waals surface area contributed by atoms with Crippen LogP contribution in [0.4, 0.5) is 0 Å². The first-order valence-electron chi connectivity index (χ1n) is 12.1. The van der Waals surface area contributed by atoms with Crippen molar-refractivity contribution in [3.63, 3.8) is 0 Å². The molecule has 144 valence electrons. The van der Waals surface area contributed by atoms with Crippen molar-refractivity contribution in [1.29, 1.82) is 0 Å². The highest BCUT2D eigenvalue weighted by Gasteiger charge is 2.17. The minimum absolute atomic E-state index is 0.0476. The molecule has 29 heavy (non-hydrogen) atoms. The number of fused-ring (bicyclic) bond motifs is 5. The van der Waals surface area contributed by atoms with Crippen molar-refractivity contribution in [2.24, 2.45) is 5.41 Å².